The maximum absolute atomic E-state index is 13.0. The molecule has 2 aliphatic rings. The van der Waals surface area contributed by atoms with Gasteiger partial charge in [-0.25, -0.2) is 4.79 Å². The first-order valence-corrected chi connectivity index (χ1v) is 15.0. The van der Waals surface area contributed by atoms with E-state index in [4.69, 9.17) is 20.8 Å². The number of amides is 1. The largest absolute Gasteiger partial charge is 0.455 e. The molecular weight excluding hydrogens is 462 g/mol. The van der Waals surface area contributed by atoms with Crippen molar-refractivity contribution >= 4 is 43.6 Å². The molecule has 2 heterocycles. The van der Waals surface area contributed by atoms with Crippen LogP contribution in [0.4, 0.5) is 0 Å². The summed E-state index contributed by atoms with van der Waals surface area (Å²) in [4.78, 5) is 29.4. The molecule has 5 nitrogen and oxygen atoms in total. The molecule has 32 heavy (non-hydrogen) atoms. The maximum Gasteiger partial charge on any atom is 0.356 e. The van der Waals surface area contributed by atoms with Crippen molar-refractivity contribution in [1.82, 2.24) is 4.90 Å². The summed E-state index contributed by atoms with van der Waals surface area (Å²) in [5.41, 5.74) is 0.341. The van der Waals surface area contributed by atoms with E-state index in [1.165, 1.54) is 11.8 Å². The van der Waals surface area contributed by atoms with Gasteiger partial charge in [0.25, 0.3) is 0 Å². The van der Waals surface area contributed by atoms with E-state index in [0.717, 1.165) is 9.80 Å². The molecule has 0 radical (unpaired) electrons. The van der Waals surface area contributed by atoms with Crippen LogP contribution in [0.3, 0.4) is 0 Å². The lowest BCUT2D eigenvalue weighted by atomic mass is 9.85. The summed E-state index contributed by atoms with van der Waals surface area (Å²) >= 11 is 7.28. The van der Waals surface area contributed by atoms with E-state index in [2.05, 4.69) is 40.4 Å². The molecule has 1 saturated heterocycles. The number of nitrogens with zero attached hydrogens (tertiary/aromatic N) is 1. The van der Waals surface area contributed by atoms with Gasteiger partial charge in [0.05, 0.1) is 12.0 Å². The smallest absolute Gasteiger partial charge is 0.356 e. The summed E-state index contributed by atoms with van der Waals surface area (Å²) < 4.78 is 11.6. The Morgan fingerprint density at radius 2 is 1.94 bits per heavy atom. The quantitative estimate of drug-likeness (QED) is 0.242. The van der Waals surface area contributed by atoms with E-state index in [-0.39, 0.29) is 34.5 Å². The van der Waals surface area contributed by atoms with Crippen LogP contribution in [-0.2, 0) is 18.8 Å². The third-order valence-corrected chi connectivity index (χ3v) is 12.2. The molecule has 1 amide bonds. The number of β-lactam (4-membered cyclic amide) rings is 1. The lowest BCUT2D eigenvalue weighted by molar-refractivity contribution is -0.157. The molecule has 2 unspecified atom stereocenters. The average molecular weight is 494 g/mol. The molecule has 3 rings (SSSR count). The Bertz CT molecular complexity index is 926. The summed E-state index contributed by atoms with van der Waals surface area (Å²) in [6.07, 6.45) is 1.30. The Morgan fingerprint density at radius 1 is 1.28 bits per heavy atom. The van der Waals surface area contributed by atoms with Gasteiger partial charge in [0.1, 0.15) is 12.3 Å². The van der Waals surface area contributed by atoms with E-state index in [1.54, 1.807) is 4.90 Å². The van der Waals surface area contributed by atoms with Gasteiger partial charge in [0.15, 0.2) is 8.32 Å². The minimum atomic E-state index is -1.87. The van der Waals surface area contributed by atoms with Crippen molar-refractivity contribution in [2.45, 2.75) is 62.7 Å². The minimum Gasteiger partial charge on any atom is -0.455 e. The third kappa shape index (κ3) is 5.33. The van der Waals surface area contributed by atoms with Gasteiger partial charge in [-0.2, -0.15) is 0 Å². The predicted octanol–water partition coefficient (Wildman–Crippen LogP) is 5.93. The van der Waals surface area contributed by atoms with Crippen molar-refractivity contribution in [3.8, 4) is 0 Å². The Morgan fingerprint density at radius 3 is 2.53 bits per heavy atom. The van der Waals surface area contributed by atoms with Crippen molar-refractivity contribution in [1.29, 1.82) is 0 Å². The van der Waals surface area contributed by atoms with Crippen LogP contribution < -0.4 is 0 Å². The van der Waals surface area contributed by atoms with Crippen LogP contribution in [0.2, 0.25) is 18.1 Å². The molecule has 174 valence electrons. The number of thioether (sulfide) groups is 1. The van der Waals surface area contributed by atoms with E-state index >= 15 is 0 Å². The Labute approximate surface area is 201 Å². The highest BCUT2D eigenvalue weighted by Gasteiger charge is 2.55. The number of rotatable bonds is 9. The molecule has 0 N–H and O–H groups in total. The van der Waals surface area contributed by atoms with Gasteiger partial charge in [0, 0.05) is 27.9 Å². The highest BCUT2D eigenvalue weighted by Crippen LogP contribution is 2.49. The zero-order chi connectivity index (χ0) is 23.7. The highest BCUT2D eigenvalue weighted by atomic mass is 35.5. The second-order valence-corrected chi connectivity index (χ2v) is 16.3. The molecule has 1 aromatic rings. The first-order chi connectivity index (χ1) is 14.9. The number of hydrogen-bond acceptors (Lipinski definition) is 5. The summed E-state index contributed by atoms with van der Waals surface area (Å²) in [6.45, 7) is 15.1. The van der Waals surface area contributed by atoms with Crippen LogP contribution in [0.1, 0.15) is 33.6 Å². The van der Waals surface area contributed by atoms with Crippen LogP contribution in [0, 0.1) is 5.92 Å². The number of carbonyl (C=O) groups is 2. The highest BCUT2D eigenvalue weighted by molar-refractivity contribution is 8.03. The Kier molecular flexibility index (Phi) is 7.65. The van der Waals surface area contributed by atoms with E-state index in [0.29, 0.717) is 25.1 Å². The lowest BCUT2D eigenvalue weighted by Crippen LogP contribution is -2.59. The van der Waals surface area contributed by atoms with Crippen LogP contribution in [0.5, 0.6) is 0 Å². The Hall–Kier alpha value is -1.54. The maximum atomic E-state index is 13.0. The minimum absolute atomic E-state index is 0.0292. The number of carbonyl (C=O) groups excluding carboxylic acids is 2. The number of benzene rings is 1. The van der Waals surface area contributed by atoms with Crippen LogP contribution in [-0.4, -0.2) is 44.3 Å². The second-order valence-electron chi connectivity index (χ2n) is 9.76. The summed E-state index contributed by atoms with van der Waals surface area (Å²) in [5, 5.41) is 0.363. The van der Waals surface area contributed by atoms with Crippen molar-refractivity contribution in [2.24, 2.45) is 5.92 Å². The molecule has 0 saturated carbocycles. The van der Waals surface area contributed by atoms with E-state index in [1.807, 2.05) is 30.3 Å². The fourth-order valence-corrected chi connectivity index (χ4v) is 5.88. The number of fused-ring (bicyclic) bond motifs is 1. The van der Waals surface area contributed by atoms with Crippen LogP contribution in [0.15, 0.2) is 57.4 Å². The number of ether oxygens (including phenoxy) is 1. The molecular formula is C24H32ClNO4SSi. The Balaban J connectivity index is 1.72. The van der Waals surface area contributed by atoms with Crippen molar-refractivity contribution in [2.75, 3.05) is 13.2 Å². The second kappa shape index (κ2) is 9.75. The monoisotopic (exact) mass is 493 g/mol. The molecule has 8 heteroatoms. The van der Waals surface area contributed by atoms with Gasteiger partial charge in [-0.15, -0.1) is 0 Å². The molecule has 2 atom stereocenters. The fourth-order valence-electron chi connectivity index (χ4n) is 3.65. The van der Waals surface area contributed by atoms with Crippen molar-refractivity contribution in [3.05, 3.63) is 52.5 Å². The number of hydrogen-bond donors (Lipinski definition) is 0. The fraction of sp³-hybridized carbons (Fsp3) is 0.500. The predicted molar refractivity (Wildman–Crippen MR) is 132 cm³/mol. The van der Waals surface area contributed by atoms with Gasteiger partial charge < -0.3 is 14.1 Å². The summed E-state index contributed by atoms with van der Waals surface area (Å²) in [7, 11) is -1.87. The zero-order valence-electron chi connectivity index (χ0n) is 19.4. The number of halogens is 1. The third-order valence-electron chi connectivity index (χ3n) is 6.49. The van der Waals surface area contributed by atoms with Crippen molar-refractivity contribution < 1.29 is 18.8 Å². The average Bonchev–Trinajstić information content (AvgIpc) is 3.04. The lowest BCUT2D eigenvalue weighted by Gasteiger charge is -2.44. The van der Waals surface area contributed by atoms with Gasteiger partial charge >= 0.3 is 5.97 Å². The molecule has 0 aliphatic carbocycles. The normalized spacial score (nSPS) is 20.8. The molecule has 0 aromatic heterocycles. The van der Waals surface area contributed by atoms with Crippen molar-refractivity contribution in [3.63, 3.8) is 0 Å². The molecule has 1 aromatic carbocycles. The van der Waals surface area contributed by atoms with E-state index in [9.17, 15) is 9.59 Å². The van der Waals surface area contributed by atoms with Gasteiger partial charge in [-0.05, 0) is 36.7 Å². The first-order valence-electron chi connectivity index (χ1n) is 10.9. The SMILES string of the molecule is C=C(Cl)COC(=O)C1=C(Sc2ccccc2)CC2C(CCO[Si](C)(C)C(C)(C)C)C(=O)N12. The molecule has 1 fully saturated rings. The molecule has 0 spiro atoms. The van der Waals surface area contributed by atoms with Gasteiger partial charge in [-0.3, -0.25) is 4.79 Å². The van der Waals surface area contributed by atoms with Crippen LogP contribution >= 0.6 is 23.4 Å². The summed E-state index contributed by atoms with van der Waals surface area (Å²) in [6, 6.07) is 9.80. The summed E-state index contributed by atoms with van der Waals surface area (Å²) in [5.74, 6) is -0.703. The van der Waals surface area contributed by atoms with E-state index < -0.39 is 14.3 Å². The number of esters is 1. The molecule has 0 bridgehead atoms. The first kappa shape index (κ1) is 25.1. The standard InChI is InChI=1S/C24H32ClNO4SSi/c1-16(25)15-29-23(28)21-20(31-17-10-8-7-9-11-17)14-19-18(22(27)26(19)21)12-13-30-32(5,6)24(2,3)4/h7-11,18-19H,1,12-15H2,2-6H3. The van der Waals surface area contributed by atoms with Gasteiger partial charge in [-0.1, -0.05) is 68.9 Å². The topological polar surface area (TPSA) is 55.8 Å². The molecule has 2 aliphatic heterocycles. The zero-order valence-corrected chi connectivity index (χ0v) is 22.0. The van der Waals surface area contributed by atoms with Gasteiger partial charge in [0.2, 0.25) is 5.91 Å². The van der Waals surface area contributed by atoms with Crippen LogP contribution in [0.25, 0.3) is 0 Å².